The molecule has 0 N–H and O–H groups in total. The van der Waals surface area contributed by atoms with Gasteiger partial charge in [0.15, 0.2) is 0 Å². The first kappa shape index (κ1) is 16.0. The molecule has 0 aliphatic carbocycles. The molecule has 0 bridgehead atoms. The van der Waals surface area contributed by atoms with Crippen molar-refractivity contribution in [2.75, 3.05) is 6.61 Å². The maximum Gasteiger partial charge on any atom is 0.213 e. The Kier molecular flexibility index (Phi) is 3.85. The first-order valence-electron chi connectivity index (χ1n) is 9.21. The summed E-state index contributed by atoms with van der Waals surface area (Å²) in [4.78, 5) is 0. The monoisotopic (exact) mass is 360 g/mol. The van der Waals surface area contributed by atoms with E-state index in [4.69, 9.17) is 19.0 Å². The molecular formula is C22H20N2O3. The van der Waals surface area contributed by atoms with E-state index in [2.05, 4.69) is 11.1 Å². The van der Waals surface area contributed by atoms with Crippen molar-refractivity contribution in [3.8, 4) is 11.5 Å². The molecule has 2 aliphatic rings. The normalized spacial score (nSPS) is 20.5. The molecule has 2 aliphatic heterocycles. The van der Waals surface area contributed by atoms with E-state index in [1.807, 2.05) is 61.5 Å². The zero-order chi connectivity index (χ0) is 18.2. The second kappa shape index (κ2) is 6.50. The van der Waals surface area contributed by atoms with Gasteiger partial charge < -0.3 is 13.9 Å². The third-order valence-corrected chi connectivity index (χ3v) is 4.98. The second-order valence-electron chi connectivity index (χ2n) is 6.63. The van der Waals surface area contributed by atoms with Crippen LogP contribution in [0.4, 0.5) is 0 Å². The Morgan fingerprint density at radius 2 is 1.93 bits per heavy atom. The molecule has 0 spiro atoms. The highest BCUT2D eigenvalue weighted by atomic mass is 16.5. The van der Waals surface area contributed by atoms with Crippen molar-refractivity contribution in [3.63, 3.8) is 0 Å². The highest BCUT2D eigenvalue weighted by molar-refractivity contribution is 5.99. The fourth-order valence-electron chi connectivity index (χ4n) is 3.74. The van der Waals surface area contributed by atoms with Gasteiger partial charge in [-0.15, -0.1) is 0 Å². The summed E-state index contributed by atoms with van der Waals surface area (Å²) in [5.41, 5.74) is 3.15. The van der Waals surface area contributed by atoms with Crippen LogP contribution in [-0.2, 0) is 0 Å². The lowest BCUT2D eigenvalue weighted by atomic mass is 9.97. The van der Waals surface area contributed by atoms with Crippen molar-refractivity contribution in [1.82, 2.24) is 5.01 Å². The van der Waals surface area contributed by atoms with Gasteiger partial charge in [-0.3, -0.25) is 0 Å². The maximum absolute atomic E-state index is 6.34. The van der Waals surface area contributed by atoms with Crippen LogP contribution in [0.25, 0.3) is 0 Å². The molecule has 3 heterocycles. The van der Waals surface area contributed by atoms with E-state index < -0.39 is 0 Å². The molecule has 5 rings (SSSR count). The highest BCUT2D eigenvalue weighted by Crippen LogP contribution is 2.47. The van der Waals surface area contributed by atoms with Gasteiger partial charge in [-0.05, 0) is 49.4 Å². The number of rotatable bonds is 4. The van der Waals surface area contributed by atoms with E-state index >= 15 is 0 Å². The number of hydrogen-bond acceptors (Lipinski definition) is 5. The number of hydrazone groups is 1. The summed E-state index contributed by atoms with van der Waals surface area (Å²) >= 11 is 0. The van der Waals surface area contributed by atoms with Gasteiger partial charge in [-0.25, -0.2) is 5.01 Å². The number of ether oxygens (including phenoxy) is 2. The molecule has 0 fully saturated rings. The van der Waals surface area contributed by atoms with Crippen molar-refractivity contribution in [1.29, 1.82) is 0 Å². The molecule has 136 valence electrons. The summed E-state index contributed by atoms with van der Waals surface area (Å²) in [5, 5.41) is 6.92. The molecule has 5 heteroatoms. The van der Waals surface area contributed by atoms with E-state index in [0.717, 1.165) is 40.5 Å². The average molecular weight is 360 g/mol. The third-order valence-electron chi connectivity index (χ3n) is 4.98. The fourth-order valence-corrected chi connectivity index (χ4v) is 3.74. The van der Waals surface area contributed by atoms with Crippen LogP contribution in [0.3, 0.4) is 0 Å². The lowest BCUT2D eigenvalue weighted by Crippen LogP contribution is -2.33. The minimum Gasteiger partial charge on any atom is -0.494 e. The number of hydrogen-bond donors (Lipinski definition) is 0. The van der Waals surface area contributed by atoms with Gasteiger partial charge in [0.25, 0.3) is 0 Å². The maximum atomic E-state index is 6.34. The molecular weight excluding hydrogens is 340 g/mol. The van der Waals surface area contributed by atoms with E-state index in [9.17, 15) is 0 Å². The molecule has 0 saturated carbocycles. The quantitative estimate of drug-likeness (QED) is 0.662. The predicted molar refractivity (Wildman–Crippen MR) is 102 cm³/mol. The van der Waals surface area contributed by atoms with Gasteiger partial charge in [-0.2, -0.15) is 5.10 Å². The smallest absolute Gasteiger partial charge is 0.213 e. The van der Waals surface area contributed by atoms with E-state index in [1.54, 1.807) is 6.26 Å². The number of benzene rings is 2. The molecule has 3 aromatic rings. The van der Waals surface area contributed by atoms with Gasteiger partial charge in [0, 0.05) is 17.5 Å². The van der Waals surface area contributed by atoms with Crippen molar-refractivity contribution in [2.45, 2.75) is 25.6 Å². The Morgan fingerprint density at radius 3 is 2.70 bits per heavy atom. The Hall–Kier alpha value is -3.21. The van der Waals surface area contributed by atoms with Crippen LogP contribution in [-0.4, -0.2) is 17.3 Å². The van der Waals surface area contributed by atoms with E-state index in [-0.39, 0.29) is 12.3 Å². The van der Waals surface area contributed by atoms with Gasteiger partial charge >= 0.3 is 0 Å². The van der Waals surface area contributed by atoms with Crippen LogP contribution in [0.5, 0.6) is 11.5 Å². The standard InChI is InChI=1S/C22H20N2O3/c1-2-25-16-11-9-15(10-12-16)22-24-19(17-6-3-4-7-20(17)27-22)14-18(23-24)21-8-5-13-26-21/h3-13,19,22H,2,14H2,1H3/t19-,22+/m0/s1. The summed E-state index contributed by atoms with van der Waals surface area (Å²) in [7, 11) is 0. The molecule has 0 amide bonds. The van der Waals surface area contributed by atoms with Crippen molar-refractivity contribution in [2.24, 2.45) is 5.10 Å². The first-order chi connectivity index (χ1) is 13.3. The molecule has 0 unspecified atom stereocenters. The Labute approximate surface area is 157 Å². The average Bonchev–Trinajstić information content (AvgIpc) is 3.38. The zero-order valence-corrected chi connectivity index (χ0v) is 15.0. The molecule has 2 aromatic carbocycles. The molecule has 0 radical (unpaired) electrons. The predicted octanol–water partition coefficient (Wildman–Crippen LogP) is 4.92. The van der Waals surface area contributed by atoms with Crippen LogP contribution in [0.15, 0.2) is 76.4 Å². The van der Waals surface area contributed by atoms with E-state index in [1.165, 1.54) is 0 Å². The Bertz CT molecular complexity index is 963. The minimum absolute atomic E-state index is 0.131. The highest BCUT2D eigenvalue weighted by Gasteiger charge is 2.41. The Morgan fingerprint density at radius 1 is 1.07 bits per heavy atom. The first-order valence-corrected chi connectivity index (χ1v) is 9.21. The van der Waals surface area contributed by atoms with Crippen LogP contribution >= 0.6 is 0 Å². The number of para-hydroxylation sites is 1. The van der Waals surface area contributed by atoms with Gasteiger partial charge in [0.2, 0.25) is 6.23 Å². The SMILES string of the molecule is CCOc1ccc([C@H]2Oc3ccccc3[C@@H]3CC(c4ccco4)=NN23)cc1. The fraction of sp³-hybridized carbons (Fsp3) is 0.227. The van der Waals surface area contributed by atoms with Gasteiger partial charge in [-0.1, -0.05) is 18.2 Å². The molecule has 0 saturated heterocycles. The second-order valence-corrected chi connectivity index (χ2v) is 6.63. The molecule has 27 heavy (non-hydrogen) atoms. The van der Waals surface area contributed by atoms with Crippen molar-refractivity contribution in [3.05, 3.63) is 83.8 Å². The topological polar surface area (TPSA) is 47.2 Å². The summed E-state index contributed by atoms with van der Waals surface area (Å²) < 4.78 is 17.5. The van der Waals surface area contributed by atoms with Crippen LogP contribution in [0.1, 0.15) is 42.5 Å². The largest absolute Gasteiger partial charge is 0.494 e. The van der Waals surface area contributed by atoms with E-state index in [0.29, 0.717) is 6.61 Å². The summed E-state index contributed by atoms with van der Waals surface area (Å²) in [6, 6.07) is 20.2. The van der Waals surface area contributed by atoms with Crippen molar-refractivity contribution >= 4 is 5.71 Å². The van der Waals surface area contributed by atoms with Crippen LogP contribution < -0.4 is 9.47 Å². The summed E-state index contributed by atoms with van der Waals surface area (Å²) in [6.45, 7) is 2.63. The minimum atomic E-state index is -0.284. The van der Waals surface area contributed by atoms with Crippen LogP contribution in [0.2, 0.25) is 0 Å². The third kappa shape index (κ3) is 2.76. The van der Waals surface area contributed by atoms with Crippen molar-refractivity contribution < 1.29 is 13.9 Å². The lowest BCUT2D eigenvalue weighted by Gasteiger charge is -2.38. The summed E-state index contributed by atoms with van der Waals surface area (Å²) in [6.07, 6.45) is 2.19. The molecule has 1 aromatic heterocycles. The van der Waals surface area contributed by atoms with Crippen LogP contribution in [0, 0.1) is 0 Å². The zero-order valence-electron chi connectivity index (χ0n) is 15.0. The Balaban J connectivity index is 1.54. The summed E-state index contributed by atoms with van der Waals surface area (Å²) in [5.74, 6) is 2.58. The number of nitrogens with zero attached hydrogens (tertiary/aromatic N) is 2. The number of furan rings is 1. The molecule has 2 atom stereocenters. The lowest BCUT2D eigenvalue weighted by molar-refractivity contribution is -0.0190. The van der Waals surface area contributed by atoms with Gasteiger partial charge in [0.05, 0.1) is 18.9 Å². The number of fused-ring (bicyclic) bond motifs is 3. The van der Waals surface area contributed by atoms with Gasteiger partial charge in [0.1, 0.15) is 23.0 Å². The molecule has 5 nitrogen and oxygen atoms in total.